The van der Waals surface area contributed by atoms with Gasteiger partial charge in [0.05, 0.1) is 0 Å². The number of carbonyl (C=O) groups excluding carboxylic acids is 2. The zero-order valence-electron chi connectivity index (χ0n) is 12.3. The topological polar surface area (TPSA) is 52.7 Å². The molecule has 2 heterocycles. The number of piperazine rings is 1. The SMILES string of the molecule is CC1CN(c2ccccc2)CCN1C(=O)C1CCC(=O)N1. The molecule has 0 bridgehead atoms. The number of hydrogen-bond acceptors (Lipinski definition) is 3. The summed E-state index contributed by atoms with van der Waals surface area (Å²) >= 11 is 0. The third kappa shape index (κ3) is 2.86. The Labute approximate surface area is 124 Å². The van der Waals surface area contributed by atoms with Crippen molar-refractivity contribution in [2.24, 2.45) is 0 Å². The van der Waals surface area contributed by atoms with Gasteiger partial charge >= 0.3 is 0 Å². The molecule has 21 heavy (non-hydrogen) atoms. The van der Waals surface area contributed by atoms with Crippen molar-refractivity contribution in [1.82, 2.24) is 10.2 Å². The molecule has 2 unspecified atom stereocenters. The zero-order valence-corrected chi connectivity index (χ0v) is 12.3. The van der Waals surface area contributed by atoms with Crippen LogP contribution in [0.15, 0.2) is 30.3 Å². The number of anilines is 1. The van der Waals surface area contributed by atoms with Gasteiger partial charge in [0.25, 0.3) is 0 Å². The maximum atomic E-state index is 12.5. The summed E-state index contributed by atoms with van der Waals surface area (Å²) in [7, 11) is 0. The molecule has 0 radical (unpaired) electrons. The second kappa shape index (κ2) is 5.76. The Balaban J connectivity index is 1.63. The minimum atomic E-state index is -0.316. The maximum absolute atomic E-state index is 12.5. The number of benzene rings is 1. The number of amides is 2. The van der Waals surface area contributed by atoms with Gasteiger partial charge in [-0.05, 0) is 25.5 Å². The van der Waals surface area contributed by atoms with Gasteiger partial charge in [0, 0.05) is 37.8 Å². The fourth-order valence-electron chi connectivity index (χ4n) is 3.16. The molecule has 2 saturated heterocycles. The van der Waals surface area contributed by atoms with Crippen molar-refractivity contribution in [3.63, 3.8) is 0 Å². The Morgan fingerprint density at radius 3 is 2.62 bits per heavy atom. The monoisotopic (exact) mass is 287 g/mol. The van der Waals surface area contributed by atoms with E-state index >= 15 is 0 Å². The fourth-order valence-corrected chi connectivity index (χ4v) is 3.16. The number of hydrogen-bond donors (Lipinski definition) is 1. The summed E-state index contributed by atoms with van der Waals surface area (Å²) in [6.45, 7) is 4.45. The largest absolute Gasteiger partial charge is 0.368 e. The van der Waals surface area contributed by atoms with Gasteiger partial charge in [-0.15, -0.1) is 0 Å². The Morgan fingerprint density at radius 2 is 2.00 bits per heavy atom. The molecule has 1 N–H and O–H groups in total. The normalized spacial score (nSPS) is 25.9. The predicted octanol–water partition coefficient (Wildman–Crippen LogP) is 1.00. The van der Waals surface area contributed by atoms with Crippen LogP contribution in [0.2, 0.25) is 0 Å². The summed E-state index contributed by atoms with van der Waals surface area (Å²) in [5.74, 6) is 0.0602. The Hall–Kier alpha value is -2.04. The van der Waals surface area contributed by atoms with E-state index in [-0.39, 0.29) is 23.9 Å². The molecule has 5 nitrogen and oxygen atoms in total. The summed E-state index contributed by atoms with van der Waals surface area (Å²) < 4.78 is 0. The Bertz CT molecular complexity index is 532. The summed E-state index contributed by atoms with van der Waals surface area (Å²) in [6, 6.07) is 10.1. The van der Waals surface area contributed by atoms with E-state index < -0.39 is 0 Å². The van der Waals surface area contributed by atoms with Crippen LogP contribution in [-0.4, -0.2) is 48.4 Å². The predicted molar refractivity (Wildman–Crippen MR) is 81.0 cm³/mol. The van der Waals surface area contributed by atoms with E-state index in [4.69, 9.17) is 0 Å². The van der Waals surface area contributed by atoms with Gasteiger partial charge in [-0.2, -0.15) is 0 Å². The van der Waals surface area contributed by atoms with E-state index in [1.807, 2.05) is 23.1 Å². The van der Waals surface area contributed by atoms with Crippen LogP contribution in [0.4, 0.5) is 5.69 Å². The third-order valence-electron chi connectivity index (χ3n) is 4.33. The highest BCUT2D eigenvalue weighted by Gasteiger charge is 2.35. The first-order valence-corrected chi connectivity index (χ1v) is 7.55. The molecule has 5 heteroatoms. The number of nitrogens with one attached hydrogen (secondary N) is 1. The second-order valence-electron chi connectivity index (χ2n) is 5.82. The lowest BCUT2D eigenvalue weighted by Crippen LogP contribution is -2.57. The van der Waals surface area contributed by atoms with E-state index in [9.17, 15) is 9.59 Å². The molecule has 2 aliphatic rings. The summed E-state index contributed by atoms with van der Waals surface area (Å²) in [4.78, 5) is 28.0. The smallest absolute Gasteiger partial charge is 0.245 e. The van der Waals surface area contributed by atoms with Crippen LogP contribution < -0.4 is 10.2 Å². The van der Waals surface area contributed by atoms with Gasteiger partial charge in [-0.25, -0.2) is 0 Å². The molecule has 0 saturated carbocycles. The van der Waals surface area contributed by atoms with E-state index in [1.54, 1.807) is 0 Å². The standard InChI is InChI=1S/C16H21N3O2/c1-12-11-18(13-5-3-2-4-6-13)9-10-19(12)16(21)14-7-8-15(20)17-14/h2-6,12,14H,7-11H2,1H3,(H,17,20). The highest BCUT2D eigenvalue weighted by molar-refractivity contribution is 5.91. The molecular weight excluding hydrogens is 266 g/mol. The average molecular weight is 287 g/mol. The van der Waals surface area contributed by atoms with Crippen LogP contribution in [0.1, 0.15) is 19.8 Å². The molecule has 3 rings (SSSR count). The van der Waals surface area contributed by atoms with Crippen molar-refractivity contribution in [2.75, 3.05) is 24.5 Å². The van der Waals surface area contributed by atoms with Crippen molar-refractivity contribution >= 4 is 17.5 Å². The quantitative estimate of drug-likeness (QED) is 0.883. The lowest BCUT2D eigenvalue weighted by Gasteiger charge is -2.41. The van der Waals surface area contributed by atoms with E-state index in [1.165, 1.54) is 5.69 Å². The van der Waals surface area contributed by atoms with E-state index in [2.05, 4.69) is 29.3 Å². The van der Waals surface area contributed by atoms with Gasteiger partial charge in [0.1, 0.15) is 6.04 Å². The van der Waals surface area contributed by atoms with Crippen molar-refractivity contribution < 1.29 is 9.59 Å². The molecule has 0 spiro atoms. The Morgan fingerprint density at radius 1 is 1.24 bits per heavy atom. The van der Waals surface area contributed by atoms with Crippen molar-refractivity contribution in [3.8, 4) is 0 Å². The average Bonchev–Trinajstić information content (AvgIpc) is 2.94. The summed E-state index contributed by atoms with van der Waals surface area (Å²) in [5, 5.41) is 2.77. The molecule has 112 valence electrons. The number of nitrogens with zero attached hydrogens (tertiary/aromatic N) is 2. The lowest BCUT2D eigenvalue weighted by molar-refractivity contribution is -0.136. The lowest BCUT2D eigenvalue weighted by atomic mass is 10.1. The first kappa shape index (κ1) is 13.9. The molecule has 2 aliphatic heterocycles. The first-order valence-electron chi connectivity index (χ1n) is 7.55. The molecule has 1 aromatic rings. The van der Waals surface area contributed by atoms with Crippen molar-refractivity contribution in [3.05, 3.63) is 30.3 Å². The highest BCUT2D eigenvalue weighted by Crippen LogP contribution is 2.20. The fraction of sp³-hybridized carbons (Fsp3) is 0.500. The summed E-state index contributed by atoms with van der Waals surface area (Å²) in [5.41, 5.74) is 1.20. The van der Waals surface area contributed by atoms with Crippen LogP contribution >= 0.6 is 0 Å². The third-order valence-corrected chi connectivity index (χ3v) is 4.33. The van der Waals surface area contributed by atoms with Crippen LogP contribution in [0, 0.1) is 0 Å². The van der Waals surface area contributed by atoms with Gasteiger partial charge in [0.15, 0.2) is 0 Å². The first-order chi connectivity index (χ1) is 10.1. The number of rotatable bonds is 2. The molecule has 2 atom stereocenters. The van der Waals surface area contributed by atoms with Gasteiger partial charge in [-0.3, -0.25) is 9.59 Å². The molecular formula is C16H21N3O2. The van der Waals surface area contributed by atoms with Gasteiger partial charge in [-0.1, -0.05) is 18.2 Å². The molecule has 2 fully saturated rings. The maximum Gasteiger partial charge on any atom is 0.245 e. The van der Waals surface area contributed by atoms with Gasteiger partial charge < -0.3 is 15.1 Å². The zero-order chi connectivity index (χ0) is 14.8. The summed E-state index contributed by atoms with van der Waals surface area (Å²) in [6.07, 6.45) is 1.10. The highest BCUT2D eigenvalue weighted by atomic mass is 16.2. The molecule has 0 aromatic heterocycles. The second-order valence-corrected chi connectivity index (χ2v) is 5.82. The van der Waals surface area contributed by atoms with Gasteiger partial charge in [0.2, 0.25) is 11.8 Å². The van der Waals surface area contributed by atoms with Crippen molar-refractivity contribution in [1.29, 1.82) is 0 Å². The Kier molecular flexibility index (Phi) is 3.82. The number of carbonyl (C=O) groups is 2. The minimum Gasteiger partial charge on any atom is -0.368 e. The van der Waals surface area contributed by atoms with Crippen LogP contribution in [0.3, 0.4) is 0 Å². The van der Waals surface area contributed by atoms with E-state index in [0.717, 1.165) is 13.1 Å². The van der Waals surface area contributed by atoms with E-state index in [0.29, 0.717) is 19.4 Å². The van der Waals surface area contributed by atoms with Crippen molar-refractivity contribution in [2.45, 2.75) is 31.8 Å². The molecule has 2 amide bonds. The molecule has 1 aromatic carbocycles. The number of para-hydroxylation sites is 1. The molecule has 0 aliphatic carbocycles. The van der Waals surface area contributed by atoms with Crippen LogP contribution in [0.5, 0.6) is 0 Å². The van der Waals surface area contributed by atoms with Crippen LogP contribution in [0.25, 0.3) is 0 Å². The van der Waals surface area contributed by atoms with Crippen LogP contribution in [-0.2, 0) is 9.59 Å². The minimum absolute atomic E-state index is 0.0103.